The Kier molecular flexibility index (Phi) is 8.12. The lowest BCUT2D eigenvalue weighted by Gasteiger charge is -2.08. The Morgan fingerprint density at radius 3 is 2.69 bits per heavy atom. The Morgan fingerprint density at radius 2 is 1.93 bits per heavy atom. The molecule has 3 rings (SSSR count). The van der Waals surface area contributed by atoms with Gasteiger partial charge in [-0.15, -0.1) is 23.1 Å². The smallest absolute Gasteiger partial charge is 0.341 e. The molecule has 1 aromatic heterocycles. The fourth-order valence-corrected chi connectivity index (χ4v) is 5.54. The summed E-state index contributed by atoms with van der Waals surface area (Å²) in [5.41, 5.74) is 1.62. The number of ether oxygens (including phenoxy) is 1. The third-order valence-corrected chi connectivity index (χ3v) is 7.09. The minimum Gasteiger partial charge on any atom is -0.462 e. The highest BCUT2D eigenvalue weighted by molar-refractivity contribution is 7.99. The first-order valence-corrected chi connectivity index (χ1v) is 11.9. The molecule has 1 N–H and O–H groups in total. The van der Waals surface area contributed by atoms with Crippen LogP contribution in [0.5, 0.6) is 0 Å². The molecule has 2 aromatic rings. The molecule has 1 heterocycles. The highest BCUT2D eigenvalue weighted by atomic mass is 32.2. The molecule has 0 bridgehead atoms. The Balaban J connectivity index is 1.58. The van der Waals surface area contributed by atoms with Gasteiger partial charge in [0.15, 0.2) is 0 Å². The van der Waals surface area contributed by atoms with Crippen molar-refractivity contribution in [1.29, 1.82) is 0 Å². The van der Waals surface area contributed by atoms with E-state index in [1.54, 1.807) is 30.8 Å². The normalized spacial score (nSPS) is 13.4. The first-order chi connectivity index (χ1) is 14.1. The molecule has 1 aliphatic rings. The van der Waals surface area contributed by atoms with Crippen molar-refractivity contribution in [1.82, 2.24) is 0 Å². The predicted molar refractivity (Wildman–Crippen MR) is 117 cm³/mol. The Bertz CT molecular complexity index is 848. The molecule has 0 saturated heterocycles. The van der Waals surface area contributed by atoms with Gasteiger partial charge in [-0.3, -0.25) is 4.79 Å². The first-order valence-electron chi connectivity index (χ1n) is 10.1. The minimum absolute atomic E-state index is 0.0911. The average molecular weight is 436 g/mol. The summed E-state index contributed by atoms with van der Waals surface area (Å²) in [7, 11) is 0. The summed E-state index contributed by atoms with van der Waals surface area (Å²) in [4.78, 5) is 27.2. The number of rotatable bonds is 8. The topological polar surface area (TPSA) is 55.4 Å². The molecule has 0 saturated carbocycles. The summed E-state index contributed by atoms with van der Waals surface area (Å²) in [5, 5.41) is 3.58. The summed E-state index contributed by atoms with van der Waals surface area (Å²) in [6.45, 7) is 2.11. The number of halogens is 1. The molecular formula is C22H26FNO3S2. The van der Waals surface area contributed by atoms with Gasteiger partial charge in [-0.05, 0) is 74.6 Å². The van der Waals surface area contributed by atoms with E-state index < -0.39 is 0 Å². The van der Waals surface area contributed by atoms with Crippen molar-refractivity contribution in [2.24, 2.45) is 0 Å². The number of carbonyl (C=O) groups is 2. The predicted octanol–water partition coefficient (Wildman–Crippen LogP) is 5.84. The maximum atomic E-state index is 12.9. The van der Waals surface area contributed by atoms with Crippen LogP contribution in [0.15, 0.2) is 29.2 Å². The van der Waals surface area contributed by atoms with E-state index in [4.69, 9.17) is 4.74 Å². The van der Waals surface area contributed by atoms with Crippen molar-refractivity contribution in [2.75, 3.05) is 17.7 Å². The van der Waals surface area contributed by atoms with E-state index in [-0.39, 0.29) is 17.7 Å². The van der Waals surface area contributed by atoms with Gasteiger partial charge in [0.25, 0.3) is 0 Å². The summed E-state index contributed by atoms with van der Waals surface area (Å²) in [6.07, 6.45) is 6.23. The molecule has 1 aromatic carbocycles. The summed E-state index contributed by atoms with van der Waals surface area (Å²) < 4.78 is 18.2. The molecule has 0 atom stereocenters. The van der Waals surface area contributed by atoms with Crippen LogP contribution in [0, 0.1) is 5.82 Å². The van der Waals surface area contributed by atoms with Crippen LogP contribution in [0.2, 0.25) is 0 Å². The lowest BCUT2D eigenvalue weighted by Crippen LogP contribution is -2.15. The number of aryl methyl sites for hydroxylation is 1. The van der Waals surface area contributed by atoms with Gasteiger partial charge in [0.2, 0.25) is 5.91 Å². The number of esters is 1. The van der Waals surface area contributed by atoms with Crippen molar-refractivity contribution in [2.45, 2.75) is 56.8 Å². The highest BCUT2D eigenvalue weighted by Gasteiger charge is 2.26. The van der Waals surface area contributed by atoms with Crippen LogP contribution in [-0.2, 0) is 22.4 Å². The van der Waals surface area contributed by atoms with Crippen LogP contribution in [-0.4, -0.2) is 24.2 Å². The highest BCUT2D eigenvalue weighted by Crippen LogP contribution is 2.38. The van der Waals surface area contributed by atoms with E-state index in [9.17, 15) is 14.0 Å². The number of anilines is 1. The second-order valence-electron chi connectivity index (χ2n) is 6.94. The quantitative estimate of drug-likeness (QED) is 0.245. The number of hydrogen-bond donors (Lipinski definition) is 1. The van der Waals surface area contributed by atoms with Crippen LogP contribution in [0.1, 0.15) is 59.8 Å². The average Bonchev–Trinajstić information content (AvgIpc) is 2.87. The van der Waals surface area contributed by atoms with E-state index in [2.05, 4.69) is 5.32 Å². The van der Waals surface area contributed by atoms with Crippen molar-refractivity contribution in [3.8, 4) is 0 Å². The summed E-state index contributed by atoms with van der Waals surface area (Å²) >= 11 is 3.12. The molecule has 156 valence electrons. The van der Waals surface area contributed by atoms with Crippen molar-refractivity contribution < 1.29 is 18.7 Å². The van der Waals surface area contributed by atoms with E-state index >= 15 is 0 Å². The van der Waals surface area contributed by atoms with Crippen molar-refractivity contribution in [3.63, 3.8) is 0 Å². The Labute approximate surface area is 179 Å². The van der Waals surface area contributed by atoms with E-state index in [0.717, 1.165) is 48.3 Å². The molecular weight excluding hydrogens is 409 g/mol. The molecule has 0 aliphatic heterocycles. The standard InChI is InChI=1S/C22H26FNO3S2/c1-2-27-22(26)20-17-7-4-3-5-8-18(17)29-21(20)24-19(25)9-6-14-28-16-12-10-15(23)11-13-16/h10-13H,2-9,14H2,1H3,(H,24,25). The van der Waals surface area contributed by atoms with Gasteiger partial charge < -0.3 is 10.1 Å². The van der Waals surface area contributed by atoms with Crippen molar-refractivity contribution >= 4 is 40.0 Å². The Morgan fingerprint density at radius 1 is 1.17 bits per heavy atom. The lowest BCUT2D eigenvalue weighted by molar-refractivity contribution is -0.116. The van der Waals surface area contributed by atoms with Gasteiger partial charge in [-0.25, -0.2) is 9.18 Å². The zero-order valence-corrected chi connectivity index (χ0v) is 18.2. The van der Waals surface area contributed by atoms with Crippen LogP contribution in [0.3, 0.4) is 0 Å². The van der Waals surface area contributed by atoms with Gasteiger partial charge in [-0.1, -0.05) is 6.42 Å². The number of thioether (sulfide) groups is 1. The van der Waals surface area contributed by atoms with E-state index in [0.29, 0.717) is 30.0 Å². The number of fused-ring (bicyclic) bond motifs is 1. The van der Waals surface area contributed by atoms with Crippen LogP contribution in [0.4, 0.5) is 9.39 Å². The second kappa shape index (κ2) is 10.8. The first kappa shape index (κ1) is 21.8. The SMILES string of the molecule is CCOC(=O)c1c(NC(=O)CCCSc2ccc(F)cc2)sc2c1CCCCC2. The molecule has 29 heavy (non-hydrogen) atoms. The molecule has 0 spiro atoms. The maximum absolute atomic E-state index is 12.9. The third kappa shape index (κ3) is 6.06. The third-order valence-electron chi connectivity index (χ3n) is 4.78. The number of nitrogens with one attached hydrogen (secondary N) is 1. The van der Waals surface area contributed by atoms with E-state index in [1.165, 1.54) is 28.3 Å². The number of thiophene rings is 1. The molecule has 0 fully saturated rings. The van der Waals surface area contributed by atoms with E-state index in [1.807, 2.05) is 0 Å². The lowest BCUT2D eigenvalue weighted by atomic mass is 10.1. The molecule has 0 radical (unpaired) electrons. The van der Waals surface area contributed by atoms with Crippen LogP contribution < -0.4 is 5.32 Å². The summed E-state index contributed by atoms with van der Waals surface area (Å²) in [6, 6.07) is 6.36. The minimum atomic E-state index is -0.339. The molecule has 1 amide bonds. The van der Waals surface area contributed by atoms with Crippen molar-refractivity contribution in [3.05, 3.63) is 46.1 Å². The molecule has 1 aliphatic carbocycles. The Hall–Kier alpha value is -1.86. The zero-order valence-electron chi connectivity index (χ0n) is 16.6. The van der Waals surface area contributed by atoms with Gasteiger partial charge in [0.05, 0.1) is 12.2 Å². The fraction of sp³-hybridized carbons (Fsp3) is 0.455. The number of carbonyl (C=O) groups excluding carboxylic acids is 2. The maximum Gasteiger partial charge on any atom is 0.341 e. The zero-order chi connectivity index (χ0) is 20.6. The van der Waals surface area contributed by atoms with Gasteiger partial charge in [0, 0.05) is 16.2 Å². The second-order valence-corrected chi connectivity index (χ2v) is 9.22. The largest absolute Gasteiger partial charge is 0.462 e. The van der Waals surface area contributed by atoms with Crippen LogP contribution >= 0.6 is 23.1 Å². The van der Waals surface area contributed by atoms with Gasteiger partial charge >= 0.3 is 5.97 Å². The van der Waals surface area contributed by atoms with Crippen LogP contribution in [0.25, 0.3) is 0 Å². The molecule has 4 nitrogen and oxygen atoms in total. The van der Waals surface area contributed by atoms with Gasteiger partial charge in [0.1, 0.15) is 10.8 Å². The van der Waals surface area contributed by atoms with Gasteiger partial charge in [-0.2, -0.15) is 0 Å². The number of benzene rings is 1. The molecule has 0 unspecified atom stereocenters. The summed E-state index contributed by atoms with van der Waals surface area (Å²) in [5.74, 6) is 0.0891. The molecule has 7 heteroatoms. The fourth-order valence-electron chi connectivity index (χ4n) is 3.39. The number of amides is 1. The monoisotopic (exact) mass is 435 g/mol. The number of hydrogen-bond acceptors (Lipinski definition) is 5.